The zero-order valence-corrected chi connectivity index (χ0v) is 29.6. The molecule has 0 aliphatic carbocycles. The number of fused-ring (bicyclic) bond motifs is 1. The number of hydrogen-bond donors (Lipinski definition) is 4. The maximum absolute atomic E-state index is 9.89. The molecule has 4 N–H and O–H groups in total. The molecule has 4 rings (SSSR count). The number of aryl methyl sites for hydroxylation is 3. The highest BCUT2D eigenvalue weighted by atomic mass is 16.3. The summed E-state index contributed by atoms with van der Waals surface area (Å²) in [5.41, 5.74) is 4.89. The lowest BCUT2D eigenvalue weighted by atomic mass is 9.93. The molecule has 45 heavy (non-hydrogen) atoms. The normalized spacial score (nSPS) is 26.8. The number of piperidine rings is 2. The SMILES string of the molecule is C[C@@H]1N[C@H](CCCCCCCCCCc2cc(CCCCCCCCCC[C@@H]3CC[C@H](O)[C@@H](C)N3)c3[n+](c2)CCC3)CC[C@H]1O. The fourth-order valence-electron chi connectivity index (χ4n) is 8.46. The van der Waals surface area contributed by atoms with E-state index >= 15 is 0 Å². The van der Waals surface area contributed by atoms with E-state index in [1.807, 2.05) is 0 Å². The van der Waals surface area contributed by atoms with Crippen LogP contribution in [0.25, 0.3) is 0 Å². The first-order chi connectivity index (χ1) is 22.0. The van der Waals surface area contributed by atoms with E-state index in [-0.39, 0.29) is 24.3 Å². The number of aromatic nitrogens is 1. The van der Waals surface area contributed by atoms with E-state index in [1.54, 1.807) is 16.8 Å². The van der Waals surface area contributed by atoms with Crippen LogP contribution in [0.1, 0.15) is 178 Å². The van der Waals surface area contributed by atoms with Crippen molar-refractivity contribution in [3.63, 3.8) is 0 Å². The van der Waals surface area contributed by atoms with Gasteiger partial charge in [0.25, 0.3) is 0 Å². The van der Waals surface area contributed by atoms with Crippen molar-refractivity contribution in [2.24, 2.45) is 0 Å². The minimum absolute atomic E-state index is 0.146. The van der Waals surface area contributed by atoms with E-state index in [0.717, 1.165) is 25.7 Å². The largest absolute Gasteiger partial charge is 0.392 e. The fourth-order valence-corrected chi connectivity index (χ4v) is 8.46. The van der Waals surface area contributed by atoms with Crippen LogP contribution < -0.4 is 15.2 Å². The number of rotatable bonds is 22. The molecule has 0 unspecified atom stereocenters. The molecule has 2 saturated heterocycles. The summed E-state index contributed by atoms with van der Waals surface area (Å²) in [7, 11) is 0. The quantitative estimate of drug-likeness (QED) is 0.0777. The molecule has 1 aromatic rings. The first-order valence-corrected chi connectivity index (χ1v) is 19.9. The third-order valence-electron chi connectivity index (χ3n) is 11.5. The first-order valence-electron chi connectivity index (χ1n) is 19.9. The lowest BCUT2D eigenvalue weighted by Gasteiger charge is -2.32. The second-order valence-electron chi connectivity index (χ2n) is 15.4. The van der Waals surface area contributed by atoms with Crippen molar-refractivity contribution in [2.75, 3.05) is 0 Å². The van der Waals surface area contributed by atoms with Crippen LogP contribution in [0.15, 0.2) is 12.3 Å². The smallest absolute Gasteiger partial charge is 0.184 e. The van der Waals surface area contributed by atoms with Crippen LogP contribution >= 0.6 is 0 Å². The molecular weight excluding hydrogens is 554 g/mol. The summed E-state index contributed by atoms with van der Waals surface area (Å²) in [6.45, 7) is 5.47. The molecule has 6 atom stereocenters. The van der Waals surface area contributed by atoms with Crippen molar-refractivity contribution < 1.29 is 14.8 Å². The number of nitrogens with one attached hydrogen (secondary N) is 2. The monoisotopic (exact) mass is 627 g/mol. The van der Waals surface area contributed by atoms with Gasteiger partial charge in [0.1, 0.15) is 6.54 Å². The zero-order chi connectivity index (χ0) is 31.7. The number of aliphatic hydroxyl groups is 2. The summed E-state index contributed by atoms with van der Waals surface area (Å²) >= 11 is 0. The van der Waals surface area contributed by atoms with E-state index < -0.39 is 0 Å². The van der Waals surface area contributed by atoms with Crippen LogP contribution in [0.3, 0.4) is 0 Å². The number of aliphatic hydroxyl groups excluding tert-OH is 2. The van der Waals surface area contributed by atoms with Crippen LogP contribution in [0.4, 0.5) is 0 Å². The lowest BCUT2D eigenvalue weighted by molar-refractivity contribution is -0.691. The van der Waals surface area contributed by atoms with Crippen LogP contribution in [0.2, 0.25) is 0 Å². The summed E-state index contributed by atoms with van der Waals surface area (Å²) in [5, 5.41) is 27.0. The van der Waals surface area contributed by atoms with Crippen molar-refractivity contribution in [2.45, 2.75) is 224 Å². The summed E-state index contributed by atoms with van der Waals surface area (Å²) in [6, 6.07) is 4.38. The highest BCUT2D eigenvalue weighted by molar-refractivity contribution is 5.23. The minimum Gasteiger partial charge on any atom is -0.392 e. The molecule has 0 radical (unpaired) electrons. The second kappa shape index (κ2) is 21.1. The molecule has 0 spiro atoms. The Kier molecular flexibility index (Phi) is 17.2. The van der Waals surface area contributed by atoms with Crippen molar-refractivity contribution in [3.05, 3.63) is 29.1 Å². The summed E-state index contributed by atoms with van der Waals surface area (Å²) in [5.74, 6) is 0. The van der Waals surface area contributed by atoms with Gasteiger partial charge in [-0.1, -0.05) is 89.9 Å². The van der Waals surface area contributed by atoms with Gasteiger partial charge in [0.2, 0.25) is 0 Å². The van der Waals surface area contributed by atoms with Gasteiger partial charge in [-0.3, -0.25) is 0 Å². The Balaban J connectivity index is 0.983. The maximum Gasteiger partial charge on any atom is 0.184 e. The molecule has 0 aromatic carbocycles. The van der Waals surface area contributed by atoms with Gasteiger partial charge in [-0.2, -0.15) is 0 Å². The van der Waals surface area contributed by atoms with Crippen LogP contribution in [-0.2, 0) is 25.8 Å². The second-order valence-corrected chi connectivity index (χ2v) is 15.4. The molecule has 2 fully saturated rings. The molecule has 5 nitrogen and oxygen atoms in total. The summed E-state index contributed by atoms with van der Waals surface area (Å²) in [6.07, 6.45) is 36.2. The predicted octanol–water partition coefficient (Wildman–Crippen LogP) is 8.03. The Bertz CT molecular complexity index is 938. The van der Waals surface area contributed by atoms with Crippen molar-refractivity contribution in [3.8, 4) is 0 Å². The van der Waals surface area contributed by atoms with Gasteiger partial charge < -0.3 is 20.8 Å². The first kappa shape index (κ1) is 36.8. The van der Waals surface area contributed by atoms with Gasteiger partial charge in [-0.05, 0) is 84.1 Å². The Labute approximate surface area is 277 Å². The third kappa shape index (κ3) is 13.6. The standard InChI is InChI=1S/C40H72N3O2/c1-32-39(44)27-25-36(41-32)22-17-13-9-5-3-7-11-15-20-34-30-35(38-24-19-29-43(38)31-34)21-16-12-8-4-6-10-14-18-23-37-26-28-40(45)33(2)42-37/h30-33,36-37,39-42,44-45H,3-29H2,1-2H3/q+1/t32-,33+,36+,37+,39+,40-/m0/s1. The molecule has 1 aromatic heterocycles. The molecule has 4 heterocycles. The third-order valence-corrected chi connectivity index (χ3v) is 11.5. The van der Waals surface area contributed by atoms with E-state index in [9.17, 15) is 10.2 Å². The van der Waals surface area contributed by atoms with Gasteiger partial charge >= 0.3 is 0 Å². The Morgan fingerprint density at radius 3 is 1.60 bits per heavy atom. The van der Waals surface area contributed by atoms with Gasteiger partial charge in [-0.25, -0.2) is 4.57 Å². The summed E-state index contributed by atoms with van der Waals surface area (Å²) < 4.78 is 2.60. The highest BCUT2D eigenvalue weighted by Crippen LogP contribution is 2.22. The zero-order valence-electron chi connectivity index (χ0n) is 29.6. The average molecular weight is 627 g/mol. The van der Waals surface area contributed by atoms with E-state index in [1.165, 1.54) is 148 Å². The van der Waals surface area contributed by atoms with Crippen molar-refractivity contribution >= 4 is 0 Å². The maximum atomic E-state index is 9.89. The lowest BCUT2D eigenvalue weighted by Crippen LogP contribution is -2.48. The topological polar surface area (TPSA) is 68.4 Å². The van der Waals surface area contributed by atoms with Gasteiger partial charge in [0.05, 0.1) is 12.2 Å². The molecular formula is C40H72N3O2+. The molecule has 0 amide bonds. The number of unbranched alkanes of at least 4 members (excludes halogenated alkanes) is 14. The van der Waals surface area contributed by atoms with E-state index in [2.05, 4.69) is 41.3 Å². The average Bonchev–Trinajstić information content (AvgIpc) is 3.51. The predicted molar refractivity (Wildman–Crippen MR) is 189 cm³/mol. The summed E-state index contributed by atoms with van der Waals surface area (Å²) in [4.78, 5) is 0. The fraction of sp³-hybridized carbons (Fsp3) is 0.875. The van der Waals surface area contributed by atoms with Gasteiger partial charge in [0.15, 0.2) is 11.9 Å². The van der Waals surface area contributed by atoms with Crippen LogP contribution in [0.5, 0.6) is 0 Å². The minimum atomic E-state index is -0.146. The Morgan fingerprint density at radius 1 is 0.622 bits per heavy atom. The molecule has 258 valence electrons. The van der Waals surface area contributed by atoms with Gasteiger partial charge in [-0.15, -0.1) is 0 Å². The van der Waals surface area contributed by atoms with E-state index in [4.69, 9.17) is 0 Å². The van der Waals surface area contributed by atoms with Crippen LogP contribution in [0, 0.1) is 0 Å². The molecule has 3 aliphatic rings. The Hall–Kier alpha value is -1.01. The number of hydrogen-bond acceptors (Lipinski definition) is 4. The van der Waals surface area contributed by atoms with Crippen molar-refractivity contribution in [1.82, 2.24) is 10.6 Å². The van der Waals surface area contributed by atoms with Gasteiger partial charge in [0, 0.05) is 48.1 Å². The van der Waals surface area contributed by atoms with E-state index in [0.29, 0.717) is 12.1 Å². The number of nitrogens with zero attached hydrogens (tertiary/aromatic N) is 1. The molecule has 0 saturated carbocycles. The number of pyridine rings is 1. The Morgan fingerprint density at radius 2 is 1.09 bits per heavy atom. The highest BCUT2D eigenvalue weighted by Gasteiger charge is 2.26. The molecule has 3 aliphatic heterocycles. The van der Waals surface area contributed by atoms with Crippen molar-refractivity contribution in [1.29, 1.82) is 0 Å². The van der Waals surface area contributed by atoms with Crippen LogP contribution in [-0.4, -0.2) is 46.6 Å². The molecule has 0 bridgehead atoms. The molecule has 5 heteroatoms.